The van der Waals surface area contributed by atoms with E-state index in [4.69, 9.17) is 4.74 Å². The number of carbonyl (C=O) groups is 1. The fourth-order valence-corrected chi connectivity index (χ4v) is 5.02. The molecule has 180 valence electrons. The van der Waals surface area contributed by atoms with E-state index in [1.165, 1.54) is 43.3 Å². The second-order valence-corrected chi connectivity index (χ2v) is 10.5. The molecule has 0 aromatic heterocycles. The fourth-order valence-electron chi connectivity index (χ4n) is 5.02. The zero-order chi connectivity index (χ0) is 23.6. The molecule has 0 bridgehead atoms. The van der Waals surface area contributed by atoms with Gasteiger partial charge in [-0.3, -0.25) is 5.32 Å². The number of ether oxygens (including phenoxy) is 1. The number of rotatable bonds is 13. The topological polar surface area (TPSA) is 38.3 Å². The zero-order valence-corrected chi connectivity index (χ0v) is 21.6. The third-order valence-corrected chi connectivity index (χ3v) is 7.15. The second-order valence-electron chi connectivity index (χ2n) is 10.5. The maximum Gasteiger partial charge on any atom is 0.332 e. The van der Waals surface area contributed by atoms with E-state index in [2.05, 4.69) is 59.0 Å². The van der Waals surface area contributed by atoms with Crippen molar-refractivity contribution in [2.45, 2.75) is 118 Å². The molecule has 1 unspecified atom stereocenters. The van der Waals surface area contributed by atoms with Gasteiger partial charge in [0.25, 0.3) is 0 Å². The normalized spacial score (nSPS) is 21.8. The number of nitrogens with one attached hydrogen (secondary N) is 1. The average Bonchev–Trinajstić information content (AvgIpc) is 3.06. The van der Waals surface area contributed by atoms with Gasteiger partial charge in [0.1, 0.15) is 0 Å². The van der Waals surface area contributed by atoms with Gasteiger partial charge in [0.05, 0.1) is 0 Å². The van der Waals surface area contributed by atoms with Crippen LogP contribution in [0.2, 0.25) is 0 Å². The van der Waals surface area contributed by atoms with Crippen molar-refractivity contribution in [2.24, 2.45) is 5.41 Å². The Morgan fingerprint density at radius 3 is 2.59 bits per heavy atom. The van der Waals surface area contributed by atoms with Crippen LogP contribution in [0.3, 0.4) is 0 Å². The minimum Gasteiger partial charge on any atom is -0.439 e. The molecular weight excluding hydrogens is 394 g/mol. The van der Waals surface area contributed by atoms with Crippen molar-refractivity contribution in [2.75, 3.05) is 6.54 Å². The van der Waals surface area contributed by atoms with Crippen molar-refractivity contribution in [3.05, 3.63) is 46.1 Å². The Hall–Kier alpha value is -1.61. The van der Waals surface area contributed by atoms with Gasteiger partial charge in [0, 0.05) is 6.08 Å². The Bertz CT molecular complexity index is 751. The maximum absolute atomic E-state index is 11.6. The van der Waals surface area contributed by atoms with E-state index in [-0.39, 0.29) is 12.2 Å². The van der Waals surface area contributed by atoms with Crippen LogP contribution in [-0.2, 0) is 9.53 Å². The highest BCUT2D eigenvalue weighted by atomic mass is 16.6. The molecule has 1 aliphatic heterocycles. The molecule has 0 saturated heterocycles. The summed E-state index contributed by atoms with van der Waals surface area (Å²) >= 11 is 0. The molecule has 1 atom stereocenters. The first-order chi connectivity index (χ1) is 15.2. The third-order valence-electron chi connectivity index (χ3n) is 7.15. The van der Waals surface area contributed by atoms with E-state index < -0.39 is 0 Å². The smallest absolute Gasteiger partial charge is 0.332 e. The lowest BCUT2D eigenvalue weighted by atomic mass is 9.71. The second kappa shape index (κ2) is 13.2. The summed E-state index contributed by atoms with van der Waals surface area (Å²) in [6.45, 7) is 14.8. The maximum atomic E-state index is 11.6. The molecule has 3 heteroatoms. The zero-order valence-electron chi connectivity index (χ0n) is 21.6. The molecule has 0 aromatic rings. The summed E-state index contributed by atoms with van der Waals surface area (Å²) < 4.78 is 5.38. The Morgan fingerprint density at radius 2 is 1.88 bits per heavy atom. The van der Waals surface area contributed by atoms with Gasteiger partial charge in [-0.15, -0.1) is 0 Å². The van der Waals surface area contributed by atoms with Crippen LogP contribution in [-0.4, -0.2) is 18.7 Å². The number of hydrogen-bond donors (Lipinski definition) is 1. The van der Waals surface area contributed by atoms with Crippen LogP contribution in [0.5, 0.6) is 0 Å². The Labute approximate surface area is 197 Å². The third kappa shape index (κ3) is 8.73. The van der Waals surface area contributed by atoms with Crippen LogP contribution < -0.4 is 5.32 Å². The van der Waals surface area contributed by atoms with Gasteiger partial charge in [0.2, 0.25) is 0 Å². The minimum atomic E-state index is -0.221. The van der Waals surface area contributed by atoms with Crippen LogP contribution in [0.4, 0.5) is 0 Å². The summed E-state index contributed by atoms with van der Waals surface area (Å²) in [5, 5.41) is 3.35. The molecule has 32 heavy (non-hydrogen) atoms. The molecule has 0 radical (unpaired) electrons. The highest BCUT2D eigenvalue weighted by Gasteiger charge is 2.27. The Balaban J connectivity index is 1.72. The first-order valence-corrected chi connectivity index (χ1v) is 12.9. The van der Waals surface area contributed by atoms with Crippen LogP contribution in [0.15, 0.2) is 46.1 Å². The summed E-state index contributed by atoms with van der Waals surface area (Å²) in [4.78, 5) is 11.6. The lowest BCUT2D eigenvalue weighted by molar-refractivity contribution is -0.139. The molecule has 2 aliphatic rings. The number of esters is 1. The first kappa shape index (κ1) is 26.6. The summed E-state index contributed by atoms with van der Waals surface area (Å²) in [6.07, 6.45) is 18.9. The molecular formula is C29H47NO2. The molecule has 0 spiro atoms. The largest absolute Gasteiger partial charge is 0.439 e. The number of cyclic esters (lactones) is 1. The highest BCUT2D eigenvalue weighted by Crippen LogP contribution is 2.42. The molecule has 1 N–H and O–H groups in total. The lowest BCUT2D eigenvalue weighted by Crippen LogP contribution is -2.32. The summed E-state index contributed by atoms with van der Waals surface area (Å²) in [7, 11) is 0. The van der Waals surface area contributed by atoms with E-state index in [1.807, 2.05) is 0 Å². The van der Waals surface area contributed by atoms with Gasteiger partial charge in [-0.25, -0.2) is 4.79 Å². The predicted octanol–water partition coefficient (Wildman–Crippen LogP) is 7.95. The lowest BCUT2D eigenvalue weighted by Gasteiger charge is -2.35. The predicted molar refractivity (Wildman–Crippen MR) is 136 cm³/mol. The van der Waals surface area contributed by atoms with Gasteiger partial charge < -0.3 is 4.74 Å². The summed E-state index contributed by atoms with van der Waals surface area (Å²) in [5.41, 5.74) is 7.77. The van der Waals surface area contributed by atoms with E-state index in [1.54, 1.807) is 17.2 Å². The van der Waals surface area contributed by atoms with Crippen LogP contribution in [0.1, 0.15) is 112 Å². The summed E-state index contributed by atoms with van der Waals surface area (Å²) in [5.74, 6) is -0.210. The number of allylic oxidation sites excluding steroid dienone is 6. The Morgan fingerprint density at radius 1 is 1.16 bits per heavy atom. The number of unbranched alkanes of at least 4 members (excludes halogenated alkanes) is 1. The quantitative estimate of drug-likeness (QED) is 0.179. The molecule has 1 aliphatic carbocycles. The molecule has 0 saturated carbocycles. The molecule has 0 aromatic carbocycles. The van der Waals surface area contributed by atoms with E-state index in [0.29, 0.717) is 5.41 Å². The number of hydrogen-bond acceptors (Lipinski definition) is 3. The molecule has 0 amide bonds. The van der Waals surface area contributed by atoms with E-state index in [9.17, 15) is 4.79 Å². The van der Waals surface area contributed by atoms with E-state index in [0.717, 1.165) is 50.6 Å². The van der Waals surface area contributed by atoms with Crippen molar-refractivity contribution in [1.82, 2.24) is 5.32 Å². The summed E-state index contributed by atoms with van der Waals surface area (Å²) in [6, 6.07) is 0. The molecule has 1 heterocycles. The van der Waals surface area contributed by atoms with E-state index >= 15 is 0 Å². The van der Waals surface area contributed by atoms with Crippen molar-refractivity contribution >= 4 is 5.97 Å². The van der Waals surface area contributed by atoms with Crippen LogP contribution >= 0.6 is 0 Å². The van der Waals surface area contributed by atoms with Gasteiger partial charge in [-0.1, -0.05) is 61.6 Å². The average molecular weight is 442 g/mol. The monoisotopic (exact) mass is 441 g/mol. The SMILES string of the molecule is CCCCNC1OC(=O)C=C1CC/C=C(\C)CC/C=C(\C)CCC1=C(C)CCCC1(C)C. The fraction of sp³-hybridized carbons (Fsp3) is 0.690. The minimum absolute atomic E-state index is 0.210. The Kier molecular flexibility index (Phi) is 11.0. The molecule has 3 nitrogen and oxygen atoms in total. The molecule has 0 fully saturated rings. The van der Waals surface area contributed by atoms with Crippen molar-refractivity contribution in [3.8, 4) is 0 Å². The first-order valence-electron chi connectivity index (χ1n) is 12.9. The van der Waals surface area contributed by atoms with Crippen molar-refractivity contribution in [3.63, 3.8) is 0 Å². The van der Waals surface area contributed by atoms with Crippen molar-refractivity contribution in [1.29, 1.82) is 0 Å². The standard InChI is InChI=1S/C29H47NO2/c1-7-8-20-30-28-25(21-27(31)32-28)16-10-14-22(2)12-9-13-23(3)17-18-26-24(4)15-11-19-29(26,5)6/h13-14,21,28,30H,7-12,15-20H2,1-6H3/b22-14+,23-13+. The van der Waals surface area contributed by atoms with Crippen LogP contribution in [0.25, 0.3) is 0 Å². The highest BCUT2D eigenvalue weighted by molar-refractivity contribution is 5.85. The van der Waals surface area contributed by atoms with Gasteiger partial charge in [-0.05, 0) is 103 Å². The van der Waals surface area contributed by atoms with Gasteiger partial charge in [0.15, 0.2) is 6.23 Å². The molecule has 2 rings (SSSR count). The van der Waals surface area contributed by atoms with Crippen LogP contribution in [0, 0.1) is 5.41 Å². The van der Waals surface area contributed by atoms with Crippen molar-refractivity contribution < 1.29 is 9.53 Å². The van der Waals surface area contributed by atoms with Gasteiger partial charge >= 0.3 is 5.97 Å². The number of carbonyl (C=O) groups excluding carboxylic acids is 1. The van der Waals surface area contributed by atoms with Gasteiger partial charge in [-0.2, -0.15) is 0 Å².